The predicted molar refractivity (Wildman–Crippen MR) is 143 cm³/mol. The van der Waals surface area contributed by atoms with Crippen LogP contribution in [0.4, 0.5) is 11.4 Å². The second-order valence-corrected chi connectivity index (χ2v) is 7.69. The van der Waals surface area contributed by atoms with Crippen molar-refractivity contribution in [2.24, 2.45) is 0 Å². The molecular weight excluding hydrogens is 376 g/mol. The Morgan fingerprint density at radius 1 is 0.968 bits per heavy atom. The van der Waals surface area contributed by atoms with Crippen LogP contribution < -0.4 is 10.6 Å². The van der Waals surface area contributed by atoms with Crippen LogP contribution in [-0.2, 0) is 11.8 Å². The molecule has 0 aliphatic heterocycles. The zero-order chi connectivity index (χ0) is 23.9. The Bertz CT molecular complexity index is 776. The molecule has 174 valence electrons. The average molecular weight is 426 g/mol. The number of aryl methyl sites for hydroxylation is 2. The lowest BCUT2D eigenvalue weighted by molar-refractivity contribution is -0.540. The molecule has 0 aromatic heterocycles. The summed E-state index contributed by atoms with van der Waals surface area (Å²) in [4.78, 5) is 0. The van der Waals surface area contributed by atoms with Crippen LogP contribution in [0.2, 0.25) is 0 Å². The minimum atomic E-state index is 0.154. The Labute approximate surface area is 193 Å². The molecular formula is C29H49N2+. The highest BCUT2D eigenvalue weighted by Gasteiger charge is 2.27. The molecule has 0 bridgehead atoms. The summed E-state index contributed by atoms with van der Waals surface area (Å²) in [6.45, 7) is 20.2. The van der Waals surface area contributed by atoms with Gasteiger partial charge in [0.05, 0.1) is 7.05 Å². The molecule has 3 N–H and O–H groups in total. The molecule has 2 rings (SSSR count). The van der Waals surface area contributed by atoms with Gasteiger partial charge >= 0.3 is 0 Å². The van der Waals surface area contributed by atoms with Crippen LogP contribution in [0.15, 0.2) is 42.5 Å². The maximum atomic E-state index is 3.38. The van der Waals surface area contributed by atoms with E-state index in [-0.39, 0.29) is 5.41 Å². The van der Waals surface area contributed by atoms with Crippen LogP contribution in [-0.4, -0.2) is 13.6 Å². The van der Waals surface area contributed by atoms with E-state index in [0.29, 0.717) is 0 Å². The number of nitrogens with two attached hydrogens (primary N) is 1. The molecule has 2 heteroatoms. The Kier molecular flexibility index (Phi) is 14.7. The van der Waals surface area contributed by atoms with Crippen molar-refractivity contribution in [2.75, 3.05) is 18.9 Å². The van der Waals surface area contributed by atoms with Crippen molar-refractivity contribution < 1.29 is 5.32 Å². The fourth-order valence-electron chi connectivity index (χ4n) is 3.67. The van der Waals surface area contributed by atoms with Crippen LogP contribution in [0.5, 0.6) is 0 Å². The molecule has 0 heterocycles. The lowest BCUT2D eigenvalue weighted by atomic mass is 9.75. The van der Waals surface area contributed by atoms with Crippen molar-refractivity contribution in [3.8, 4) is 0 Å². The number of hydrogen-bond donors (Lipinski definition) is 2. The van der Waals surface area contributed by atoms with Gasteiger partial charge in [0.15, 0.2) is 0 Å². The first-order chi connectivity index (χ1) is 15.0. The highest BCUT2D eigenvalue weighted by Crippen LogP contribution is 2.36. The van der Waals surface area contributed by atoms with Crippen molar-refractivity contribution in [3.63, 3.8) is 0 Å². The molecule has 0 fully saturated rings. The first kappa shape index (κ1) is 28.9. The topological polar surface area (TPSA) is 28.6 Å². The van der Waals surface area contributed by atoms with Crippen molar-refractivity contribution in [3.05, 3.63) is 64.7 Å². The summed E-state index contributed by atoms with van der Waals surface area (Å²) in [5, 5.41) is 5.63. The molecule has 2 nitrogen and oxygen atoms in total. The second-order valence-electron chi connectivity index (χ2n) is 7.69. The number of quaternary nitrogens is 1. The monoisotopic (exact) mass is 425 g/mol. The van der Waals surface area contributed by atoms with Gasteiger partial charge in [-0.05, 0) is 74.1 Å². The summed E-state index contributed by atoms with van der Waals surface area (Å²) in [5.74, 6) is 0. The summed E-state index contributed by atoms with van der Waals surface area (Å²) in [5.41, 5.74) is 8.25. The quantitative estimate of drug-likeness (QED) is 0.397. The standard InChI is InChI=1S/C25H36N2.2C2H6/c1-7-20-12-15-24(26-6)23(18-20)25(5,8-2)16-10-11-21-13-14-22(27-9-3)17-19(21)4;2*1-2/h10-15,17-18,26-27H,7-9,16H2,1-6H3;2*1-2H3/p+1/b11-10+;;. The van der Waals surface area contributed by atoms with E-state index in [2.05, 4.69) is 101 Å². The van der Waals surface area contributed by atoms with Gasteiger partial charge in [0.2, 0.25) is 0 Å². The smallest absolute Gasteiger partial charge is 0.133 e. The summed E-state index contributed by atoms with van der Waals surface area (Å²) in [6.07, 6.45) is 7.91. The Balaban J connectivity index is 0.00000212. The van der Waals surface area contributed by atoms with E-state index in [4.69, 9.17) is 0 Å². The summed E-state index contributed by atoms with van der Waals surface area (Å²) in [6, 6.07) is 13.6. The van der Waals surface area contributed by atoms with Crippen LogP contribution in [0, 0.1) is 6.92 Å². The van der Waals surface area contributed by atoms with E-state index in [1.807, 2.05) is 27.7 Å². The molecule has 0 radical (unpaired) electrons. The lowest BCUT2D eigenvalue weighted by Gasteiger charge is -2.29. The maximum absolute atomic E-state index is 3.38. The molecule has 0 amide bonds. The largest absolute Gasteiger partial charge is 0.385 e. The normalized spacial score (nSPS) is 12.3. The van der Waals surface area contributed by atoms with Crippen LogP contribution in [0.25, 0.3) is 6.08 Å². The number of allylic oxidation sites excluding steroid dienone is 1. The summed E-state index contributed by atoms with van der Waals surface area (Å²) < 4.78 is 0. The van der Waals surface area contributed by atoms with Gasteiger partial charge in [-0.25, -0.2) is 0 Å². The van der Waals surface area contributed by atoms with Gasteiger partial charge in [0, 0.05) is 23.2 Å². The highest BCUT2D eigenvalue weighted by atomic mass is 14.8. The minimum absolute atomic E-state index is 0.154. The molecule has 0 saturated carbocycles. The van der Waals surface area contributed by atoms with E-state index in [9.17, 15) is 0 Å². The Morgan fingerprint density at radius 3 is 2.16 bits per heavy atom. The van der Waals surface area contributed by atoms with Crippen LogP contribution in [0.3, 0.4) is 0 Å². The van der Waals surface area contributed by atoms with Gasteiger partial charge in [-0.2, -0.15) is 0 Å². The van der Waals surface area contributed by atoms with Crippen LogP contribution >= 0.6 is 0 Å². The molecule has 1 atom stereocenters. The van der Waals surface area contributed by atoms with Crippen molar-refractivity contribution in [1.82, 2.24) is 0 Å². The van der Waals surface area contributed by atoms with Gasteiger partial charge in [0.25, 0.3) is 0 Å². The molecule has 2 aromatic rings. The highest BCUT2D eigenvalue weighted by molar-refractivity contribution is 5.59. The maximum Gasteiger partial charge on any atom is 0.133 e. The Hall–Kier alpha value is -2.06. The SMILES string of the molecule is CC.CC.CCNc1ccc(/C=C/CC(C)(CC)c2cc(CC)ccc2[NH2+]C)c(C)c1. The zero-order valence-corrected chi connectivity index (χ0v) is 22.0. The minimum Gasteiger partial charge on any atom is -0.385 e. The fourth-order valence-corrected chi connectivity index (χ4v) is 3.67. The van der Waals surface area contributed by atoms with Gasteiger partial charge in [-0.15, -0.1) is 0 Å². The lowest BCUT2D eigenvalue weighted by Crippen LogP contribution is -2.73. The van der Waals surface area contributed by atoms with Crippen molar-refractivity contribution >= 4 is 17.5 Å². The summed E-state index contributed by atoms with van der Waals surface area (Å²) in [7, 11) is 2.14. The molecule has 2 aromatic carbocycles. The molecule has 0 aliphatic carbocycles. The zero-order valence-electron chi connectivity index (χ0n) is 22.0. The number of rotatable bonds is 9. The van der Waals surface area contributed by atoms with E-state index in [0.717, 1.165) is 25.8 Å². The van der Waals surface area contributed by atoms with E-state index >= 15 is 0 Å². The Morgan fingerprint density at radius 2 is 1.65 bits per heavy atom. The van der Waals surface area contributed by atoms with Gasteiger partial charge in [-0.3, -0.25) is 0 Å². The molecule has 0 spiro atoms. The fraction of sp³-hybridized carbons (Fsp3) is 0.517. The summed E-state index contributed by atoms with van der Waals surface area (Å²) >= 11 is 0. The van der Waals surface area contributed by atoms with E-state index in [1.165, 1.54) is 33.6 Å². The average Bonchev–Trinajstić information content (AvgIpc) is 2.82. The number of nitrogens with one attached hydrogen (secondary N) is 1. The molecule has 0 aliphatic rings. The molecule has 1 unspecified atom stereocenters. The number of hydrogen-bond acceptors (Lipinski definition) is 1. The first-order valence-electron chi connectivity index (χ1n) is 12.4. The van der Waals surface area contributed by atoms with Crippen LogP contribution in [0.1, 0.15) is 90.5 Å². The number of benzene rings is 2. The third-order valence-corrected chi connectivity index (χ3v) is 5.78. The van der Waals surface area contributed by atoms with Gasteiger partial charge < -0.3 is 10.6 Å². The first-order valence-corrected chi connectivity index (χ1v) is 12.4. The molecule has 0 saturated heterocycles. The van der Waals surface area contributed by atoms with Crippen molar-refractivity contribution in [2.45, 2.75) is 87.0 Å². The third-order valence-electron chi connectivity index (χ3n) is 5.78. The van der Waals surface area contributed by atoms with E-state index in [1.54, 1.807) is 0 Å². The third kappa shape index (κ3) is 8.53. The predicted octanol–water partition coefficient (Wildman–Crippen LogP) is 7.64. The molecule has 31 heavy (non-hydrogen) atoms. The second kappa shape index (κ2) is 15.7. The van der Waals surface area contributed by atoms with Gasteiger partial charge in [-0.1, -0.05) is 72.8 Å². The van der Waals surface area contributed by atoms with Crippen molar-refractivity contribution in [1.29, 1.82) is 0 Å². The number of anilines is 1. The van der Waals surface area contributed by atoms with E-state index < -0.39 is 0 Å². The van der Waals surface area contributed by atoms with Gasteiger partial charge in [0.1, 0.15) is 5.69 Å².